The van der Waals surface area contributed by atoms with Gasteiger partial charge in [-0.05, 0) is 31.0 Å². The second kappa shape index (κ2) is 6.28. The molecule has 5 atom stereocenters. The summed E-state index contributed by atoms with van der Waals surface area (Å²) in [5.41, 5.74) is 6.18. The van der Waals surface area contributed by atoms with Gasteiger partial charge in [-0.3, -0.25) is 0 Å². The zero-order chi connectivity index (χ0) is 19.3. The smallest absolute Gasteiger partial charge is 0.164 e. The Morgan fingerprint density at radius 2 is 2.00 bits per heavy atom. The zero-order valence-electron chi connectivity index (χ0n) is 15.0. The van der Waals surface area contributed by atoms with Crippen LogP contribution in [0.4, 0.5) is 5.82 Å². The number of hydrogen-bond acceptors (Lipinski definition) is 7. The Bertz CT molecular complexity index is 987. The molecule has 8 heteroatoms. The minimum atomic E-state index is -1.68. The van der Waals surface area contributed by atoms with E-state index in [2.05, 4.69) is 9.97 Å². The summed E-state index contributed by atoms with van der Waals surface area (Å²) in [6, 6.07) is 9.04. The van der Waals surface area contributed by atoms with Gasteiger partial charge in [0, 0.05) is 6.20 Å². The van der Waals surface area contributed by atoms with Crippen molar-refractivity contribution < 1.29 is 20.1 Å². The topological polar surface area (TPSA) is 127 Å². The van der Waals surface area contributed by atoms with Crippen LogP contribution in [-0.4, -0.2) is 47.7 Å². The number of nitrogen functional groups attached to an aromatic ring is 1. The molecule has 0 saturated carbocycles. The van der Waals surface area contributed by atoms with Gasteiger partial charge in [-0.15, -0.1) is 0 Å². The first-order valence-corrected chi connectivity index (χ1v) is 8.69. The van der Waals surface area contributed by atoms with Crippen molar-refractivity contribution in [3.63, 3.8) is 0 Å². The van der Waals surface area contributed by atoms with Gasteiger partial charge in [0.25, 0.3) is 0 Å². The average molecular weight is 370 g/mol. The van der Waals surface area contributed by atoms with Gasteiger partial charge in [-0.1, -0.05) is 24.3 Å². The minimum absolute atomic E-state index is 0.314. The third-order valence-corrected chi connectivity index (χ3v) is 5.34. The highest BCUT2D eigenvalue weighted by Crippen LogP contribution is 2.43. The zero-order valence-corrected chi connectivity index (χ0v) is 15.0. The Kier molecular flexibility index (Phi) is 4.15. The van der Waals surface area contributed by atoms with Gasteiger partial charge in [-0.2, -0.15) is 0 Å². The number of nitrogens with two attached hydrogens (primary N) is 1. The van der Waals surface area contributed by atoms with E-state index in [0.29, 0.717) is 22.4 Å². The first kappa shape index (κ1) is 17.9. The Morgan fingerprint density at radius 3 is 2.74 bits per heavy atom. The molecule has 4 rings (SSSR count). The standard InChI is InChI=1S/C19H22N4O4/c1-10-5-3-4-6-11(10)13(24)15-19(2,26)14(25)18(27-15)23-8-7-12-16(20)21-9-22-17(12)23/h3-9,13-15,18,24-26H,1-2H3,(H2,20,21,22)/t13-,14+,15-,18-,19+/m1/s1. The van der Waals surface area contributed by atoms with Crippen molar-refractivity contribution in [3.8, 4) is 0 Å². The van der Waals surface area contributed by atoms with E-state index in [1.807, 2.05) is 25.1 Å². The molecule has 27 heavy (non-hydrogen) atoms. The molecule has 1 aliphatic rings. The predicted octanol–water partition coefficient (Wildman–Crippen LogP) is 1.06. The predicted molar refractivity (Wildman–Crippen MR) is 98.6 cm³/mol. The van der Waals surface area contributed by atoms with Crippen molar-refractivity contribution in [3.05, 3.63) is 54.0 Å². The van der Waals surface area contributed by atoms with Crippen molar-refractivity contribution >= 4 is 16.9 Å². The molecule has 0 spiro atoms. The van der Waals surface area contributed by atoms with Crippen LogP contribution in [0, 0.1) is 6.92 Å². The van der Waals surface area contributed by atoms with Crippen LogP contribution in [0.25, 0.3) is 11.0 Å². The highest BCUT2D eigenvalue weighted by atomic mass is 16.6. The van der Waals surface area contributed by atoms with Gasteiger partial charge in [0.15, 0.2) is 6.23 Å². The summed E-state index contributed by atoms with van der Waals surface area (Å²) >= 11 is 0. The lowest BCUT2D eigenvalue weighted by Crippen LogP contribution is -2.47. The molecule has 0 amide bonds. The van der Waals surface area contributed by atoms with Crippen molar-refractivity contribution in [1.29, 1.82) is 0 Å². The number of aryl methyl sites for hydroxylation is 1. The Morgan fingerprint density at radius 1 is 1.26 bits per heavy atom. The van der Waals surface area contributed by atoms with Crippen LogP contribution in [0.1, 0.15) is 30.4 Å². The van der Waals surface area contributed by atoms with Gasteiger partial charge in [0.05, 0.1) is 5.39 Å². The Hall–Kier alpha value is -2.52. The van der Waals surface area contributed by atoms with Crippen LogP contribution in [0.15, 0.2) is 42.9 Å². The Labute approximate surface area is 155 Å². The molecule has 3 heterocycles. The molecule has 0 aliphatic carbocycles. The number of fused-ring (bicyclic) bond motifs is 1. The van der Waals surface area contributed by atoms with Crippen molar-refractivity contribution in [1.82, 2.24) is 14.5 Å². The molecule has 2 aromatic heterocycles. The van der Waals surface area contributed by atoms with Crippen LogP contribution < -0.4 is 5.73 Å². The fourth-order valence-electron chi connectivity index (χ4n) is 3.71. The number of rotatable bonds is 3. The molecule has 3 aromatic rings. The quantitative estimate of drug-likeness (QED) is 0.543. The highest BCUT2D eigenvalue weighted by molar-refractivity contribution is 5.86. The van der Waals surface area contributed by atoms with Crippen molar-refractivity contribution in [2.24, 2.45) is 0 Å². The maximum Gasteiger partial charge on any atom is 0.164 e. The normalized spacial score (nSPS) is 29.3. The third kappa shape index (κ3) is 2.69. The number of benzene rings is 1. The monoisotopic (exact) mass is 370 g/mol. The van der Waals surface area contributed by atoms with Crippen LogP contribution in [0.3, 0.4) is 0 Å². The molecular weight excluding hydrogens is 348 g/mol. The van der Waals surface area contributed by atoms with Crippen LogP contribution in [0.2, 0.25) is 0 Å². The molecule has 0 radical (unpaired) electrons. The minimum Gasteiger partial charge on any atom is -0.386 e. The van der Waals surface area contributed by atoms with E-state index in [-0.39, 0.29) is 0 Å². The van der Waals surface area contributed by atoms with E-state index in [1.165, 1.54) is 13.3 Å². The van der Waals surface area contributed by atoms with E-state index in [9.17, 15) is 15.3 Å². The van der Waals surface area contributed by atoms with E-state index < -0.39 is 30.1 Å². The maximum absolute atomic E-state index is 10.9. The van der Waals surface area contributed by atoms with Gasteiger partial charge in [0.1, 0.15) is 41.7 Å². The number of aromatic nitrogens is 3. The number of hydrogen-bond donors (Lipinski definition) is 4. The molecular formula is C19H22N4O4. The summed E-state index contributed by atoms with van der Waals surface area (Å²) in [7, 11) is 0. The number of ether oxygens (including phenoxy) is 1. The summed E-state index contributed by atoms with van der Waals surface area (Å²) in [4.78, 5) is 8.16. The van der Waals surface area contributed by atoms with Crippen LogP contribution in [0.5, 0.6) is 0 Å². The average Bonchev–Trinajstić information content (AvgIpc) is 3.16. The van der Waals surface area contributed by atoms with Gasteiger partial charge in [0.2, 0.25) is 0 Å². The van der Waals surface area contributed by atoms with E-state index in [4.69, 9.17) is 10.5 Å². The molecule has 0 bridgehead atoms. The number of aliphatic hydroxyl groups is 3. The summed E-state index contributed by atoms with van der Waals surface area (Å²) in [6.45, 7) is 3.33. The number of aliphatic hydroxyl groups excluding tert-OH is 2. The lowest BCUT2D eigenvalue weighted by molar-refractivity contribution is -0.115. The summed E-state index contributed by atoms with van der Waals surface area (Å²) in [5, 5.41) is 33.2. The van der Waals surface area contributed by atoms with Gasteiger partial charge in [-0.25, -0.2) is 9.97 Å². The lowest BCUT2D eigenvalue weighted by Gasteiger charge is -2.30. The number of nitrogens with zero attached hydrogens (tertiary/aromatic N) is 3. The number of anilines is 1. The molecule has 0 unspecified atom stereocenters. The summed E-state index contributed by atoms with van der Waals surface area (Å²) < 4.78 is 7.56. The fourth-order valence-corrected chi connectivity index (χ4v) is 3.71. The molecule has 5 N–H and O–H groups in total. The van der Waals surface area contributed by atoms with Crippen molar-refractivity contribution in [2.45, 2.75) is 44.0 Å². The lowest BCUT2D eigenvalue weighted by atomic mass is 9.87. The summed E-state index contributed by atoms with van der Waals surface area (Å²) in [6.07, 6.45) is -1.36. The third-order valence-electron chi connectivity index (χ3n) is 5.34. The van der Waals surface area contributed by atoms with Crippen LogP contribution in [-0.2, 0) is 4.74 Å². The van der Waals surface area contributed by atoms with Crippen LogP contribution >= 0.6 is 0 Å². The van der Waals surface area contributed by atoms with E-state index in [1.54, 1.807) is 22.9 Å². The Balaban J connectivity index is 1.73. The molecule has 1 aliphatic heterocycles. The second-order valence-electron chi connectivity index (χ2n) is 7.14. The summed E-state index contributed by atoms with van der Waals surface area (Å²) in [5.74, 6) is 0.314. The van der Waals surface area contributed by atoms with E-state index in [0.717, 1.165) is 5.56 Å². The molecule has 142 valence electrons. The first-order valence-electron chi connectivity index (χ1n) is 8.69. The molecule has 1 saturated heterocycles. The van der Waals surface area contributed by atoms with Crippen molar-refractivity contribution in [2.75, 3.05) is 5.73 Å². The fraction of sp³-hybridized carbons (Fsp3) is 0.368. The molecule has 1 aromatic carbocycles. The SMILES string of the molecule is Cc1ccccc1[C@@H](O)[C@H]1O[C@@H](n2ccc3c(N)ncnc32)[C@H](O)[C@]1(C)O. The molecule has 8 nitrogen and oxygen atoms in total. The second-order valence-corrected chi connectivity index (χ2v) is 7.14. The maximum atomic E-state index is 10.9. The van der Waals surface area contributed by atoms with Gasteiger partial charge < -0.3 is 30.4 Å². The largest absolute Gasteiger partial charge is 0.386 e. The molecule has 1 fully saturated rings. The highest BCUT2D eigenvalue weighted by Gasteiger charge is 2.56. The van der Waals surface area contributed by atoms with E-state index >= 15 is 0 Å². The first-order chi connectivity index (χ1) is 12.8. The van der Waals surface area contributed by atoms with Gasteiger partial charge >= 0.3 is 0 Å².